The lowest BCUT2D eigenvalue weighted by molar-refractivity contribution is -0.149. The summed E-state index contributed by atoms with van der Waals surface area (Å²) < 4.78 is 0. The fourth-order valence-electron chi connectivity index (χ4n) is 3.02. The van der Waals surface area contributed by atoms with Gasteiger partial charge in [0.05, 0.1) is 11.5 Å². The van der Waals surface area contributed by atoms with Crippen LogP contribution in [-0.4, -0.2) is 23.8 Å². The van der Waals surface area contributed by atoms with Gasteiger partial charge in [0.25, 0.3) is 0 Å². The zero-order valence-corrected chi connectivity index (χ0v) is 10.1. The van der Waals surface area contributed by atoms with Gasteiger partial charge in [-0.15, -0.1) is 6.58 Å². The maximum Gasteiger partial charge on any atom is 0.143 e. The number of allylic oxidation sites excluding steroid dienone is 2. The van der Waals surface area contributed by atoms with Crippen LogP contribution in [0.3, 0.4) is 0 Å². The zero-order valence-electron chi connectivity index (χ0n) is 10.1. The van der Waals surface area contributed by atoms with E-state index in [9.17, 15) is 4.79 Å². The van der Waals surface area contributed by atoms with Crippen molar-refractivity contribution >= 4 is 5.78 Å². The number of Topliss-reactive ketones (excluding diaryl/α,β-unsaturated/α-hetero) is 1. The highest BCUT2D eigenvalue weighted by Gasteiger charge is 2.60. The van der Waals surface area contributed by atoms with Crippen molar-refractivity contribution in [1.29, 1.82) is 0 Å². The molecule has 0 bridgehead atoms. The van der Waals surface area contributed by atoms with Crippen LogP contribution in [-0.2, 0) is 4.79 Å². The lowest BCUT2D eigenvalue weighted by Gasteiger charge is -2.56. The lowest BCUT2D eigenvalue weighted by atomic mass is 9.51. The minimum atomic E-state index is -0.453. The molecule has 92 valence electrons. The zero-order chi connectivity index (χ0) is 12.6. The van der Waals surface area contributed by atoms with E-state index in [0.717, 1.165) is 0 Å². The molecule has 0 saturated heterocycles. The summed E-state index contributed by atoms with van der Waals surface area (Å²) in [6.45, 7) is 3.76. The number of carbonyl (C=O) groups is 1. The maximum atomic E-state index is 12.1. The molecule has 4 heteroatoms. The van der Waals surface area contributed by atoms with Gasteiger partial charge in [0.2, 0.25) is 0 Å². The van der Waals surface area contributed by atoms with E-state index in [1.54, 1.807) is 6.08 Å². The third kappa shape index (κ3) is 1.40. The van der Waals surface area contributed by atoms with Crippen molar-refractivity contribution < 1.29 is 4.79 Å². The van der Waals surface area contributed by atoms with E-state index >= 15 is 0 Å². The first-order chi connectivity index (χ1) is 8.07. The number of hydrogen-bond donors (Lipinski definition) is 2. The predicted molar refractivity (Wildman–Crippen MR) is 67.5 cm³/mol. The Balaban J connectivity index is 2.35. The molecule has 1 saturated carbocycles. The van der Waals surface area contributed by atoms with E-state index in [4.69, 9.17) is 11.5 Å². The summed E-state index contributed by atoms with van der Waals surface area (Å²) in [6, 6.07) is 0.116. The summed E-state index contributed by atoms with van der Waals surface area (Å²) in [5.74, 6) is 0.295. The fourth-order valence-corrected chi connectivity index (χ4v) is 3.02. The Labute approximate surface area is 102 Å². The summed E-state index contributed by atoms with van der Waals surface area (Å²) in [7, 11) is 1.97. The smallest absolute Gasteiger partial charge is 0.143 e. The van der Waals surface area contributed by atoms with E-state index in [0.29, 0.717) is 18.5 Å². The van der Waals surface area contributed by atoms with Crippen molar-refractivity contribution in [3.8, 4) is 0 Å². The molecule has 2 unspecified atom stereocenters. The summed E-state index contributed by atoms with van der Waals surface area (Å²) >= 11 is 0. The molecule has 4 nitrogen and oxygen atoms in total. The average Bonchev–Trinajstić information content (AvgIpc) is 2.32. The predicted octanol–water partition coefficient (Wildman–Crippen LogP) is 0.724. The molecular weight excluding hydrogens is 214 g/mol. The van der Waals surface area contributed by atoms with Crippen molar-refractivity contribution in [3.05, 3.63) is 36.8 Å². The first kappa shape index (κ1) is 11.8. The highest BCUT2D eigenvalue weighted by molar-refractivity contribution is 5.94. The molecule has 1 heterocycles. The third-order valence-corrected chi connectivity index (χ3v) is 4.08. The van der Waals surface area contributed by atoms with Gasteiger partial charge in [-0.2, -0.15) is 0 Å². The summed E-state index contributed by atoms with van der Waals surface area (Å²) in [4.78, 5) is 14.2. The summed E-state index contributed by atoms with van der Waals surface area (Å²) in [6.07, 6.45) is 8.37. The van der Waals surface area contributed by atoms with Gasteiger partial charge in [-0.3, -0.25) is 4.79 Å². The van der Waals surface area contributed by atoms with Gasteiger partial charge < -0.3 is 16.4 Å². The number of carbonyl (C=O) groups excluding carboxylic acids is 1. The van der Waals surface area contributed by atoms with Gasteiger partial charge in [0.1, 0.15) is 5.78 Å². The highest BCUT2D eigenvalue weighted by Crippen LogP contribution is 2.54. The molecule has 1 fully saturated rings. The monoisotopic (exact) mass is 233 g/mol. The second-order valence-corrected chi connectivity index (χ2v) is 4.83. The van der Waals surface area contributed by atoms with Gasteiger partial charge in [-0.25, -0.2) is 0 Å². The normalized spacial score (nSPS) is 36.4. The molecule has 0 aromatic rings. The molecule has 3 atom stereocenters. The summed E-state index contributed by atoms with van der Waals surface area (Å²) in [5, 5.41) is 0. The topological polar surface area (TPSA) is 72.3 Å². The van der Waals surface area contributed by atoms with Crippen LogP contribution in [0.4, 0.5) is 0 Å². The largest absolute Gasteiger partial charge is 0.403 e. The molecule has 0 aromatic carbocycles. The van der Waals surface area contributed by atoms with Crippen LogP contribution in [0.5, 0.6) is 0 Å². The Kier molecular flexibility index (Phi) is 2.73. The molecule has 0 spiro atoms. The minimum Gasteiger partial charge on any atom is -0.403 e. The van der Waals surface area contributed by atoms with Crippen molar-refractivity contribution in [2.45, 2.75) is 18.9 Å². The number of rotatable bonds is 4. The third-order valence-electron chi connectivity index (χ3n) is 4.08. The Morgan fingerprint density at radius 1 is 1.76 bits per heavy atom. The molecule has 1 aliphatic heterocycles. The molecule has 0 amide bonds. The van der Waals surface area contributed by atoms with Crippen LogP contribution < -0.4 is 11.5 Å². The van der Waals surface area contributed by atoms with Crippen LogP contribution in [0.1, 0.15) is 12.8 Å². The van der Waals surface area contributed by atoms with Crippen molar-refractivity contribution in [1.82, 2.24) is 4.90 Å². The molecule has 2 aliphatic rings. The van der Waals surface area contributed by atoms with Crippen LogP contribution in [0.15, 0.2) is 36.8 Å². The summed E-state index contributed by atoms with van der Waals surface area (Å²) in [5.41, 5.74) is 11.6. The maximum absolute atomic E-state index is 12.1. The first-order valence-electron chi connectivity index (χ1n) is 5.79. The Morgan fingerprint density at radius 3 is 2.82 bits per heavy atom. The molecule has 0 radical (unpaired) electrons. The van der Waals surface area contributed by atoms with E-state index < -0.39 is 5.41 Å². The molecule has 0 aromatic heterocycles. The average molecular weight is 233 g/mol. The number of hydrogen-bond acceptors (Lipinski definition) is 4. The molecular formula is C13H19N3O. The minimum absolute atomic E-state index is 0.0374. The fraction of sp³-hybridized carbons (Fsp3) is 0.462. The Bertz CT molecular complexity index is 413. The first-order valence-corrected chi connectivity index (χ1v) is 5.79. The van der Waals surface area contributed by atoms with Crippen LogP contribution >= 0.6 is 0 Å². The van der Waals surface area contributed by atoms with Crippen LogP contribution in [0, 0.1) is 11.3 Å². The van der Waals surface area contributed by atoms with E-state index in [1.807, 2.05) is 13.2 Å². The molecule has 17 heavy (non-hydrogen) atoms. The van der Waals surface area contributed by atoms with Crippen LogP contribution in [0.25, 0.3) is 0 Å². The van der Waals surface area contributed by atoms with Crippen molar-refractivity contribution in [2.24, 2.45) is 22.8 Å². The number of likely N-dealkylation sites (N-methyl/N-ethyl adjacent to an activating group) is 1. The molecule has 2 rings (SSSR count). The van der Waals surface area contributed by atoms with E-state index in [1.165, 1.54) is 6.20 Å². The number of ketones is 1. The standard InChI is InChI=1S/C13H19N3O/c1-3-5-13(11-4-6-16(11)2)9(7-12(13)17)10(15)8-14/h3-4,6,8-9,11H,1,5,7,14-15H2,2H3/b10-8-/t9-,11?,13?/m0/s1. The van der Waals surface area contributed by atoms with Crippen molar-refractivity contribution in [3.63, 3.8) is 0 Å². The Hall–Kier alpha value is -1.71. The van der Waals surface area contributed by atoms with Gasteiger partial charge in [0.15, 0.2) is 0 Å². The number of nitrogens with two attached hydrogens (primary N) is 2. The lowest BCUT2D eigenvalue weighted by Crippen LogP contribution is -2.63. The van der Waals surface area contributed by atoms with E-state index in [-0.39, 0.29) is 17.7 Å². The Morgan fingerprint density at radius 2 is 2.47 bits per heavy atom. The quantitative estimate of drug-likeness (QED) is 0.702. The highest BCUT2D eigenvalue weighted by atomic mass is 16.1. The van der Waals surface area contributed by atoms with Crippen LogP contribution in [0.2, 0.25) is 0 Å². The van der Waals surface area contributed by atoms with Gasteiger partial charge in [-0.1, -0.05) is 6.08 Å². The van der Waals surface area contributed by atoms with Gasteiger partial charge >= 0.3 is 0 Å². The second-order valence-electron chi connectivity index (χ2n) is 4.83. The van der Waals surface area contributed by atoms with E-state index in [2.05, 4.69) is 17.6 Å². The molecule has 1 aliphatic carbocycles. The molecule has 4 N–H and O–H groups in total. The SMILES string of the molecule is C=CCC1(C2C=CN2C)C(=O)C[C@H]1/C(N)=C/N. The number of nitrogens with zero attached hydrogens (tertiary/aromatic N) is 1. The van der Waals surface area contributed by atoms with Gasteiger partial charge in [0, 0.05) is 31.3 Å². The van der Waals surface area contributed by atoms with Crippen molar-refractivity contribution in [2.75, 3.05) is 7.05 Å². The second kappa shape index (κ2) is 3.95. The van der Waals surface area contributed by atoms with Gasteiger partial charge in [-0.05, 0) is 18.7 Å².